The van der Waals surface area contributed by atoms with Crippen LogP contribution in [0.2, 0.25) is 5.15 Å². The highest BCUT2D eigenvalue weighted by atomic mass is 79.9. The van der Waals surface area contributed by atoms with Gasteiger partial charge in [-0.1, -0.05) is 51.8 Å². The second kappa shape index (κ2) is 5.15. The number of fused-ring (bicyclic) bond motifs is 1. The van der Waals surface area contributed by atoms with Crippen LogP contribution in [0.25, 0.3) is 10.8 Å². The van der Waals surface area contributed by atoms with Crippen LogP contribution in [0.5, 0.6) is 0 Å². The molecule has 1 aromatic heterocycles. The Balaban J connectivity index is 2.09. The third-order valence-corrected chi connectivity index (χ3v) is 3.67. The van der Waals surface area contributed by atoms with E-state index in [9.17, 15) is 0 Å². The summed E-state index contributed by atoms with van der Waals surface area (Å²) in [6, 6.07) is 13.8. The first-order valence-electron chi connectivity index (χ1n) is 5.66. The molecular weight excluding hydrogens is 326 g/mol. The van der Waals surface area contributed by atoms with Gasteiger partial charge in [-0.25, -0.2) is 9.97 Å². The Kier molecular flexibility index (Phi) is 3.36. The summed E-state index contributed by atoms with van der Waals surface area (Å²) in [5.74, 6) is 0.674. The van der Waals surface area contributed by atoms with E-state index in [-0.39, 0.29) is 0 Å². The predicted molar refractivity (Wildman–Crippen MR) is 82.0 cm³/mol. The van der Waals surface area contributed by atoms with E-state index in [4.69, 9.17) is 11.6 Å². The number of hydrogen-bond acceptors (Lipinski definition) is 3. The van der Waals surface area contributed by atoms with Crippen molar-refractivity contribution in [3.63, 3.8) is 0 Å². The maximum Gasteiger partial charge on any atom is 0.135 e. The SMILES string of the molecule is Clc1cc(Nc2ccc(Br)c3ccccc23)ncn1. The zero-order chi connectivity index (χ0) is 13.2. The zero-order valence-corrected chi connectivity index (χ0v) is 12.1. The second-order valence-corrected chi connectivity index (χ2v) is 5.23. The van der Waals surface area contributed by atoms with Gasteiger partial charge >= 0.3 is 0 Å². The van der Waals surface area contributed by atoms with Crippen LogP contribution in [0.15, 0.2) is 53.3 Å². The van der Waals surface area contributed by atoms with E-state index in [2.05, 4.69) is 43.3 Å². The summed E-state index contributed by atoms with van der Waals surface area (Å²) in [6.45, 7) is 0. The quantitative estimate of drug-likeness (QED) is 0.685. The highest BCUT2D eigenvalue weighted by Crippen LogP contribution is 2.31. The smallest absolute Gasteiger partial charge is 0.135 e. The fourth-order valence-electron chi connectivity index (χ4n) is 1.91. The van der Waals surface area contributed by atoms with Crippen LogP contribution >= 0.6 is 27.5 Å². The highest BCUT2D eigenvalue weighted by molar-refractivity contribution is 9.10. The molecular formula is C14H9BrClN3. The molecule has 2 aromatic carbocycles. The van der Waals surface area contributed by atoms with E-state index in [0.29, 0.717) is 11.0 Å². The molecule has 0 aliphatic heterocycles. The Morgan fingerprint density at radius 3 is 2.58 bits per heavy atom. The van der Waals surface area contributed by atoms with E-state index in [1.54, 1.807) is 6.07 Å². The molecule has 0 unspecified atom stereocenters. The first-order valence-corrected chi connectivity index (χ1v) is 6.83. The van der Waals surface area contributed by atoms with E-state index >= 15 is 0 Å². The summed E-state index contributed by atoms with van der Waals surface area (Å²) >= 11 is 9.41. The Morgan fingerprint density at radius 1 is 1.00 bits per heavy atom. The van der Waals surface area contributed by atoms with Crippen LogP contribution in [0, 0.1) is 0 Å². The van der Waals surface area contributed by atoms with Gasteiger partial charge in [-0.3, -0.25) is 0 Å². The van der Waals surface area contributed by atoms with Crippen LogP contribution < -0.4 is 5.32 Å². The van der Waals surface area contributed by atoms with Crippen molar-refractivity contribution in [3.05, 3.63) is 58.4 Å². The van der Waals surface area contributed by atoms with Gasteiger partial charge in [-0.15, -0.1) is 0 Å². The number of rotatable bonds is 2. The average molecular weight is 335 g/mol. The Bertz CT molecular complexity index is 746. The van der Waals surface area contributed by atoms with Crippen molar-refractivity contribution in [2.45, 2.75) is 0 Å². The summed E-state index contributed by atoms with van der Waals surface area (Å²) in [5.41, 5.74) is 0.980. The standard InChI is InChI=1S/C14H9BrClN3/c15-11-5-6-12(10-4-2-1-3-9(10)11)19-14-7-13(16)17-8-18-14/h1-8H,(H,17,18,19). The number of aromatic nitrogens is 2. The van der Waals surface area contributed by atoms with Gasteiger partial charge in [-0.05, 0) is 17.5 Å². The van der Waals surface area contributed by atoms with Gasteiger partial charge < -0.3 is 5.32 Å². The third kappa shape index (κ3) is 2.55. The molecule has 19 heavy (non-hydrogen) atoms. The number of nitrogens with zero attached hydrogens (tertiary/aromatic N) is 2. The van der Waals surface area contributed by atoms with Crippen LogP contribution in [0.1, 0.15) is 0 Å². The summed E-state index contributed by atoms with van der Waals surface area (Å²) in [4.78, 5) is 8.01. The van der Waals surface area contributed by atoms with Gasteiger partial charge in [0.25, 0.3) is 0 Å². The average Bonchev–Trinajstić information content (AvgIpc) is 2.42. The van der Waals surface area contributed by atoms with Gasteiger partial charge in [0.15, 0.2) is 0 Å². The van der Waals surface area contributed by atoms with E-state index in [1.807, 2.05) is 24.3 Å². The van der Waals surface area contributed by atoms with Crippen LogP contribution in [-0.2, 0) is 0 Å². The lowest BCUT2D eigenvalue weighted by Crippen LogP contribution is -1.95. The molecule has 0 atom stereocenters. The van der Waals surface area contributed by atoms with Crippen LogP contribution in [-0.4, -0.2) is 9.97 Å². The summed E-state index contributed by atoms with van der Waals surface area (Å²) in [6.07, 6.45) is 1.44. The van der Waals surface area contributed by atoms with Gasteiger partial charge in [0.05, 0.1) is 0 Å². The monoisotopic (exact) mass is 333 g/mol. The van der Waals surface area contributed by atoms with Gasteiger partial charge in [0.2, 0.25) is 0 Å². The zero-order valence-electron chi connectivity index (χ0n) is 9.77. The van der Waals surface area contributed by atoms with E-state index < -0.39 is 0 Å². The fourth-order valence-corrected chi connectivity index (χ4v) is 2.54. The number of anilines is 2. The van der Waals surface area contributed by atoms with Crippen molar-refractivity contribution in [2.24, 2.45) is 0 Å². The molecule has 0 spiro atoms. The van der Waals surface area contributed by atoms with Crippen molar-refractivity contribution < 1.29 is 0 Å². The van der Waals surface area contributed by atoms with Crippen molar-refractivity contribution in [2.75, 3.05) is 5.32 Å². The van der Waals surface area contributed by atoms with Crippen molar-refractivity contribution in [1.82, 2.24) is 9.97 Å². The minimum Gasteiger partial charge on any atom is -0.340 e. The lowest BCUT2D eigenvalue weighted by Gasteiger charge is -2.10. The molecule has 5 heteroatoms. The molecule has 0 saturated carbocycles. The second-order valence-electron chi connectivity index (χ2n) is 3.99. The molecule has 0 amide bonds. The Morgan fingerprint density at radius 2 is 1.79 bits per heavy atom. The summed E-state index contributed by atoms with van der Waals surface area (Å²) in [5, 5.41) is 5.94. The molecule has 0 fully saturated rings. The molecule has 94 valence electrons. The lowest BCUT2D eigenvalue weighted by atomic mass is 10.1. The predicted octanol–water partition coefficient (Wildman–Crippen LogP) is 4.79. The molecule has 3 aromatic rings. The Hall–Kier alpha value is -1.65. The first kappa shape index (κ1) is 12.4. The minimum atomic E-state index is 0.416. The van der Waals surface area contributed by atoms with Crippen LogP contribution in [0.3, 0.4) is 0 Å². The molecule has 0 bridgehead atoms. The topological polar surface area (TPSA) is 37.8 Å². The number of benzene rings is 2. The maximum atomic E-state index is 5.86. The number of hydrogen-bond donors (Lipinski definition) is 1. The van der Waals surface area contributed by atoms with Gasteiger partial charge in [0, 0.05) is 21.6 Å². The highest BCUT2D eigenvalue weighted by Gasteiger charge is 2.05. The van der Waals surface area contributed by atoms with Gasteiger partial charge in [0.1, 0.15) is 17.3 Å². The molecule has 3 rings (SSSR count). The molecule has 0 aliphatic carbocycles. The molecule has 1 heterocycles. The molecule has 0 radical (unpaired) electrons. The fraction of sp³-hybridized carbons (Fsp3) is 0. The first-order chi connectivity index (χ1) is 9.24. The third-order valence-electron chi connectivity index (χ3n) is 2.77. The van der Waals surface area contributed by atoms with E-state index in [1.165, 1.54) is 6.33 Å². The molecule has 0 aliphatic rings. The number of nitrogens with one attached hydrogen (secondary N) is 1. The van der Waals surface area contributed by atoms with E-state index in [0.717, 1.165) is 20.9 Å². The maximum absolute atomic E-state index is 5.86. The summed E-state index contributed by atoms with van der Waals surface area (Å²) < 4.78 is 1.06. The molecule has 3 nitrogen and oxygen atoms in total. The molecule has 0 saturated heterocycles. The van der Waals surface area contributed by atoms with Crippen molar-refractivity contribution in [1.29, 1.82) is 0 Å². The normalized spacial score (nSPS) is 10.6. The van der Waals surface area contributed by atoms with Crippen molar-refractivity contribution in [3.8, 4) is 0 Å². The van der Waals surface area contributed by atoms with Gasteiger partial charge in [-0.2, -0.15) is 0 Å². The molecule has 1 N–H and O–H groups in total. The summed E-state index contributed by atoms with van der Waals surface area (Å²) in [7, 11) is 0. The largest absolute Gasteiger partial charge is 0.340 e. The van der Waals surface area contributed by atoms with Crippen molar-refractivity contribution >= 4 is 49.8 Å². The minimum absolute atomic E-state index is 0.416. The Labute approximate surface area is 123 Å². The number of halogens is 2. The van der Waals surface area contributed by atoms with Crippen LogP contribution in [0.4, 0.5) is 11.5 Å². The lowest BCUT2D eigenvalue weighted by molar-refractivity contribution is 1.17.